The van der Waals surface area contributed by atoms with E-state index < -0.39 is 0 Å². The van der Waals surface area contributed by atoms with Crippen molar-refractivity contribution in [3.05, 3.63) is 99.3 Å². The first-order valence-electron chi connectivity index (χ1n) is 10.6. The van der Waals surface area contributed by atoms with Gasteiger partial charge < -0.3 is 14.0 Å². The summed E-state index contributed by atoms with van der Waals surface area (Å²) in [5, 5.41) is 1.10. The Morgan fingerprint density at radius 3 is 2.62 bits per heavy atom. The van der Waals surface area contributed by atoms with Gasteiger partial charge in [0.2, 0.25) is 5.78 Å². The molecule has 3 aromatic carbocycles. The molecule has 0 unspecified atom stereocenters. The predicted molar refractivity (Wildman–Crippen MR) is 130 cm³/mol. The average Bonchev–Trinajstić information content (AvgIpc) is 3.33. The molecule has 1 aliphatic heterocycles. The Labute approximate surface area is 195 Å². The fourth-order valence-corrected chi connectivity index (χ4v) is 4.32. The Balaban J connectivity index is 1.43. The first-order valence-corrected chi connectivity index (χ1v) is 11.4. The summed E-state index contributed by atoms with van der Waals surface area (Å²) in [6, 6.07) is 19.8. The second-order valence-corrected chi connectivity index (χ2v) is 8.72. The first kappa shape index (κ1) is 20.6. The molecule has 0 spiro atoms. The van der Waals surface area contributed by atoms with Gasteiger partial charge in [-0.3, -0.25) is 4.79 Å². The third-order valence-corrected chi connectivity index (χ3v) is 6.32. The smallest absolute Gasteiger partial charge is 0.231 e. The standard InChI is InChI=1S/C27H22BrNO3/c1-3-29-15-19(21-6-4-5-7-23(21)29)14-25-26(30)22-12-13-24(17(2)27(22)32-25)31-16-18-8-10-20(28)11-9-18/h4-15H,3,16H2,1-2H3. The molecule has 0 bridgehead atoms. The lowest BCUT2D eigenvalue weighted by molar-refractivity contribution is 0.101. The number of allylic oxidation sites excluding steroid dienone is 1. The van der Waals surface area contributed by atoms with E-state index in [2.05, 4.69) is 45.8 Å². The summed E-state index contributed by atoms with van der Waals surface area (Å²) in [4.78, 5) is 13.0. The topological polar surface area (TPSA) is 40.5 Å². The van der Waals surface area contributed by atoms with Crippen LogP contribution in [0.3, 0.4) is 0 Å². The summed E-state index contributed by atoms with van der Waals surface area (Å²) in [7, 11) is 0. The zero-order valence-corrected chi connectivity index (χ0v) is 19.5. The number of aromatic nitrogens is 1. The van der Waals surface area contributed by atoms with Crippen LogP contribution in [-0.2, 0) is 13.2 Å². The Morgan fingerprint density at radius 1 is 1.06 bits per heavy atom. The molecule has 4 nitrogen and oxygen atoms in total. The van der Waals surface area contributed by atoms with Crippen molar-refractivity contribution in [2.45, 2.75) is 27.0 Å². The molecule has 0 fully saturated rings. The maximum atomic E-state index is 13.0. The van der Waals surface area contributed by atoms with E-state index in [0.29, 0.717) is 29.4 Å². The van der Waals surface area contributed by atoms with E-state index in [1.165, 1.54) is 0 Å². The van der Waals surface area contributed by atoms with Gasteiger partial charge in [0.1, 0.15) is 18.1 Å². The summed E-state index contributed by atoms with van der Waals surface area (Å²) in [6.45, 7) is 5.33. The molecule has 32 heavy (non-hydrogen) atoms. The van der Waals surface area contributed by atoms with Crippen LogP contribution < -0.4 is 9.47 Å². The van der Waals surface area contributed by atoms with Crippen molar-refractivity contribution in [1.82, 2.24) is 4.57 Å². The van der Waals surface area contributed by atoms with Gasteiger partial charge in [0.15, 0.2) is 5.76 Å². The van der Waals surface area contributed by atoms with Crippen molar-refractivity contribution >= 4 is 38.7 Å². The van der Waals surface area contributed by atoms with Gasteiger partial charge in [-0.2, -0.15) is 0 Å². The zero-order chi connectivity index (χ0) is 22.2. The molecule has 0 atom stereocenters. The molecule has 4 aromatic rings. The van der Waals surface area contributed by atoms with Crippen molar-refractivity contribution in [1.29, 1.82) is 0 Å². The van der Waals surface area contributed by atoms with Crippen LogP contribution in [-0.4, -0.2) is 10.4 Å². The lowest BCUT2D eigenvalue weighted by Crippen LogP contribution is -1.98. The van der Waals surface area contributed by atoms with Gasteiger partial charge in [-0.05, 0) is 55.8 Å². The number of carbonyl (C=O) groups is 1. The van der Waals surface area contributed by atoms with Gasteiger partial charge in [-0.25, -0.2) is 0 Å². The molecule has 0 saturated heterocycles. The van der Waals surface area contributed by atoms with Crippen LogP contribution in [0.25, 0.3) is 17.0 Å². The number of halogens is 1. The normalized spacial score (nSPS) is 14.1. The van der Waals surface area contributed by atoms with E-state index >= 15 is 0 Å². The number of benzene rings is 3. The molecule has 5 heteroatoms. The summed E-state index contributed by atoms with van der Waals surface area (Å²) >= 11 is 3.44. The van der Waals surface area contributed by atoms with Crippen molar-refractivity contribution in [2.24, 2.45) is 0 Å². The molecule has 0 saturated carbocycles. The van der Waals surface area contributed by atoms with E-state index in [-0.39, 0.29) is 5.78 Å². The monoisotopic (exact) mass is 487 g/mol. The molecule has 5 rings (SSSR count). The molecule has 160 valence electrons. The van der Waals surface area contributed by atoms with Crippen molar-refractivity contribution in [2.75, 3.05) is 0 Å². The van der Waals surface area contributed by atoms with Crippen LogP contribution in [0.1, 0.15) is 34.0 Å². The summed E-state index contributed by atoms with van der Waals surface area (Å²) < 4.78 is 15.3. The van der Waals surface area contributed by atoms with Gasteiger partial charge in [0, 0.05) is 39.2 Å². The average molecular weight is 488 g/mol. The largest absolute Gasteiger partial charge is 0.488 e. The lowest BCUT2D eigenvalue weighted by atomic mass is 10.1. The van der Waals surface area contributed by atoms with Gasteiger partial charge in [-0.1, -0.05) is 46.3 Å². The third-order valence-electron chi connectivity index (χ3n) is 5.79. The van der Waals surface area contributed by atoms with Gasteiger partial charge in [0.25, 0.3) is 0 Å². The molecule has 0 N–H and O–H groups in total. The van der Waals surface area contributed by atoms with Gasteiger partial charge in [0.05, 0.1) is 5.56 Å². The third kappa shape index (κ3) is 3.63. The fourth-order valence-electron chi connectivity index (χ4n) is 4.06. The van der Waals surface area contributed by atoms with Crippen LogP contribution >= 0.6 is 15.9 Å². The number of hydrogen-bond acceptors (Lipinski definition) is 3. The zero-order valence-electron chi connectivity index (χ0n) is 17.9. The number of rotatable bonds is 5. The first-order chi connectivity index (χ1) is 15.5. The number of fused-ring (bicyclic) bond motifs is 2. The van der Waals surface area contributed by atoms with Gasteiger partial charge in [-0.15, -0.1) is 0 Å². The molecule has 1 aromatic heterocycles. The van der Waals surface area contributed by atoms with Crippen LogP contribution in [0.5, 0.6) is 11.5 Å². The highest BCUT2D eigenvalue weighted by Crippen LogP contribution is 2.40. The number of para-hydroxylation sites is 1. The summed E-state index contributed by atoms with van der Waals surface area (Å²) in [5.41, 5.74) is 4.59. The van der Waals surface area contributed by atoms with E-state index in [9.17, 15) is 4.79 Å². The molecule has 2 heterocycles. The lowest BCUT2D eigenvalue weighted by Gasteiger charge is -2.11. The minimum atomic E-state index is -0.101. The molecule has 0 amide bonds. The van der Waals surface area contributed by atoms with Gasteiger partial charge >= 0.3 is 0 Å². The Bertz CT molecular complexity index is 1370. The SMILES string of the molecule is CCn1cc(C=C2Oc3c(ccc(OCc4ccc(Br)cc4)c3C)C2=O)c2ccccc21. The Kier molecular flexibility index (Phi) is 5.35. The second kappa shape index (κ2) is 8.32. The number of carbonyl (C=O) groups excluding carboxylic acids is 1. The van der Waals surface area contributed by atoms with Crippen molar-refractivity contribution in [3.8, 4) is 11.5 Å². The van der Waals surface area contributed by atoms with Crippen molar-refractivity contribution in [3.63, 3.8) is 0 Å². The molecule has 0 radical (unpaired) electrons. The van der Waals surface area contributed by atoms with E-state index in [1.54, 1.807) is 6.07 Å². The second-order valence-electron chi connectivity index (χ2n) is 7.81. The number of ether oxygens (including phenoxy) is 2. The number of hydrogen-bond donors (Lipinski definition) is 0. The molecular weight excluding hydrogens is 466 g/mol. The Hall–Kier alpha value is -3.31. The minimum Gasteiger partial charge on any atom is -0.488 e. The van der Waals surface area contributed by atoms with Crippen LogP contribution in [0, 0.1) is 6.92 Å². The predicted octanol–water partition coefficient (Wildman–Crippen LogP) is 6.93. The maximum absolute atomic E-state index is 13.0. The summed E-state index contributed by atoms with van der Waals surface area (Å²) in [5.74, 6) is 1.53. The highest BCUT2D eigenvalue weighted by Gasteiger charge is 2.30. The summed E-state index contributed by atoms with van der Waals surface area (Å²) in [6.07, 6.45) is 3.91. The highest BCUT2D eigenvalue weighted by atomic mass is 79.9. The van der Waals surface area contributed by atoms with Crippen molar-refractivity contribution < 1.29 is 14.3 Å². The fraction of sp³-hybridized carbons (Fsp3) is 0.148. The van der Waals surface area contributed by atoms with Crippen LogP contribution in [0.2, 0.25) is 0 Å². The minimum absolute atomic E-state index is 0.101. The number of ketones is 1. The number of aryl methyl sites for hydroxylation is 1. The number of Topliss-reactive ketones (excluding diaryl/α,β-unsaturated/α-hetero) is 1. The maximum Gasteiger partial charge on any atom is 0.231 e. The number of nitrogens with zero attached hydrogens (tertiary/aromatic N) is 1. The quantitative estimate of drug-likeness (QED) is 0.286. The van der Waals surface area contributed by atoms with Crippen LogP contribution in [0.15, 0.2) is 77.1 Å². The molecular formula is C27H22BrNO3. The van der Waals surface area contributed by atoms with E-state index in [0.717, 1.165) is 38.6 Å². The van der Waals surface area contributed by atoms with E-state index in [1.807, 2.05) is 55.5 Å². The van der Waals surface area contributed by atoms with Crippen LogP contribution in [0.4, 0.5) is 0 Å². The van der Waals surface area contributed by atoms with E-state index in [4.69, 9.17) is 9.47 Å². The highest BCUT2D eigenvalue weighted by molar-refractivity contribution is 9.10. The molecule has 1 aliphatic rings. The molecule has 0 aliphatic carbocycles. The Morgan fingerprint density at radius 2 is 1.84 bits per heavy atom.